The third-order valence-electron chi connectivity index (χ3n) is 2.23. The summed E-state index contributed by atoms with van der Waals surface area (Å²) < 4.78 is 77.7. The third kappa shape index (κ3) is 4.60. The number of hydrogen-bond donors (Lipinski definition) is 3. The van der Waals surface area contributed by atoms with Gasteiger partial charge in [0, 0.05) is 0 Å². The van der Waals surface area contributed by atoms with Crippen molar-refractivity contribution in [2.75, 3.05) is 17.2 Å². The van der Waals surface area contributed by atoms with Crippen LogP contribution < -0.4 is 10.6 Å². The van der Waals surface area contributed by atoms with Crippen molar-refractivity contribution >= 4 is 29.4 Å². The van der Waals surface area contributed by atoms with Gasteiger partial charge in [0.15, 0.2) is 5.82 Å². The number of halogens is 6. The lowest BCUT2D eigenvalue weighted by atomic mass is 10.3. The van der Waals surface area contributed by atoms with Crippen LogP contribution in [0, 0.1) is 0 Å². The molecule has 0 aliphatic rings. The number of ether oxygens (including phenoxy) is 1. The number of amides is 2. The minimum Gasteiger partial charge on any atom is -0.462 e. The fourth-order valence-corrected chi connectivity index (χ4v) is 1.29. The van der Waals surface area contributed by atoms with Crippen molar-refractivity contribution in [1.29, 1.82) is 0 Å². The van der Waals surface area contributed by atoms with Gasteiger partial charge >= 0.3 is 30.1 Å². The molecule has 1 heterocycles. The molecule has 1 rings (SSSR count). The Balaban J connectivity index is 3.20. The van der Waals surface area contributed by atoms with Gasteiger partial charge in [-0.25, -0.2) is 4.79 Å². The van der Waals surface area contributed by atoms with Crippen LogP contribution in [0.4, 0.5) is 38.0 Å². The van der Waals surface area contributed by atoms with Gasteiger partial charge in [-0.15, -0.1) is 0 Å². The summed E-state index contributed by atoms with van der Waals surface area (Å²) in [6.07, 6.45) is -10.7. The van der Waals surface area contributed by atoms with E-state index in [0.29, 0.717) is 0 Å². The lowest BCUT2D eigenvalue weighted by Gasteiger charge is -2.09. The van der Waals surface area contributed by atoms with E-state index in [9.17, 15) is 40.7 Å². The molecule has 1 aromatic heterocycles. The molecular formula is C10H8F6N4O4. The van der Waals surface area contributed by atoms with E-state index in [1.807, 2.05) is 0 Å². The van der Waals surface area contributed by atoms with E-state index < -0.39 is 47.3 Å². The first kappa shape index (κ1) is 19.2. The molecule has 3 N–H and O–H groups in total. The van der Waals surface area contributed by atoms with Gasteiger partial charge in [0.2, 0.25) is 0 Å². The molecule has 0 atom stereocenters. The average Bonchev–Trinajstić information content (AvgIpc) is 2.79. The highest BCUT2D eigenvalue weighted by atomic mass is 19.4. The van der Waals surface area contributed by atoms with E-state index in [2.05, 4.69) is 9.84 Å². The number of hydrogen-bond acceptors (Lipinski definition) is 5. The second-order valence-corrected chi connectivity index (χ2v) is 3.95. The van der Waals surface area contributed by atoms with Crippen molar-refractivity contribution < 1.29 is 45.5 Å². The molecule has 14 heteroatoms. The molecule has 1 aromatic rings. The fourth-order valence-electron chi connectivity index (χ4n) is 1.29. The molecule has 134 valence electrons. The first-order chi connectivity index (χ1) is 10.9. The number of nitrogens with one attached hydrogen (secondary N) is 3. The maximum absolute atomic E-state index is 12.2. The monoisotopic (exact) mass is 362 g/mol. The molecule has 0 spiro atoms. The molecule has 8 nitrogen and oxygen atoms in total. The van der Waals surface area contributed by atoms with Gasteiger partial charge in [-0.1, -0.05) is 0 Å². The molecule has 0 aliphatic heterocycles. The molecule has 0 bridgehead atoms. The highest BCUT2D eigenvalue weighted by molar-refractivity contribution is 6.07. The molecule has 2 amide bonds. The van der Waals surface area contributed by atoms with Crippen molar-refractivity contribution in [3.8, 4) is 0 Å². The van der Waals surface area contributed by atoms with Gasteiger partial charge in [0.25, 0.3) is 0 Å². The Morgan fingerprint density at radius 2 is 1.54 bits per heavy atom. The molecule has 0 unspecified atom stereocenters. The molecule has 0 saturated heterocycles. The number of nitrogens with zero attached hydrogens (tertiary/aromatic N) is 1. The largest absolute Gasteiger partial charge is 0.471 e. The molecule has 0 aliphatic carbocycles. The zero-order valence-electron chi connectivity index (χ0n) is 11.6. The van der Waals surface area contributed by atoms with Crippen molar-refractivity contribution in [3.05, 3.63) is 5.56 Å². The first-order valence-corrected chi connectivity index (χ1v) is 5.89. The third-order valence-corrected chi connectivity index (χ3v) is 2.23. The van der Waals surface area contributed by atoms with Crippen molar-refractivity contribution in [1.82, 2.24) is 10.2 Å². The zero-order valence-corrected chi connectivity index (χ0v) is 11.6. The fraction of sp³-hybridized carbons (Fsp3) is 0.400. The van der Waals surface area contributed by atoms with Gasteiger partial charge < -0.3 is 15.4 Å². The van der Waals surface area contributed by atoms with E-state index in [-0.39, 0.29) is 6.61 Å². The Hall–Kier alpha value is -2.80. The number of aromatic amines is 1. The van der Waals surface area contributed by atoms with E-state index in [1.54, 1.807) is 5.10 Å². The Bertz CT molecular complexity index is 605. The SMILES string of the molecule is CCOC(=O)c1c(NC(=O)C(F)(F)F)n[nH]c1NC(=O)C(F)(F)F. The van der Waals surface area contributed by atoms with Crippen LogP contribution in [0.15, 0.2) is 0 Å². The Morgan fingerprint density at radius 1 is 1.04 bits per heavy atom. The minimum atomic E-state index is -5.35. The highest BCUT2D eigenvalue weighted by Gasteiger charge is 2.42. The predicted octanol–water partition coefficient (Wildman–Crippen LogP) is 1.59. The van der Waals surface area contributed by atoms with E-state index in [4.69, 9.17) is 0 Å². The molecule has 0 radical (unpaired) electrons. The summed E-state index contributed by atoms with van der Waals surface area (Å²) in [6, 6.07) is 0. The van der Waals surface area contributed by atoms with Crippen LogP contribution in [0.3, 0.4) is 0 Å². The first-order valence-electron chi connectivity index (χ1n) is 5.89. The number of anilines is 2. The minimum absolute atomic E-state index is 0.288. The van der Waals surface area contributed by atoms with Crippen molar-refractivity contribution in [2.45, 2.75) is 19.3 Å². The van der Waals surface area contributed by atoms with E-state index in [0.717, 1.165) is 0 Å². The van der Waals surface area contributed by atoms with E-state index >= 15 is 0 Å². The van der Waals surface area contributed by atoms with Crippen LogP contribution in [-0.2, 0) is 14.3 Å². The van der Waals surface area contributed by atoms with Crippen molar-refractivity contribution in [3.63, 3.8) is 0 Å². The highest BCUT2D eigenvalue weighted by Crippen LogP contribution is 2.26. The Kier molecular flexibility index (Phi) is 5.42. The smallest absolute Gasteiger partial charge is 0.462 e. The van der Waals surface area contributed by atoms with Gasteiger partial charge in [0.05, 0.1) is 6.61 Å². The lowest BCUT2D eigenvalue weighted by molar-refractivity contribution is -0.167. The molecule has 24 heavy (non-hydrogen) atoms. The average molecular weight is 362 g/mol. The van der Waals surface area contributed by atoms with Gasteiger partial charge in [-0.2, -0.15) is 31.4 Å². The van der Waals surface area contributed by atoms with Crippen LogP contribution in [0.2, 0.25) is 0 Å². The molecular weight excluding hydrogens is 354 g/mol. The number of carbonyl (C=O) groups excluding carboxylic acids is 3. The number of H-pyrrole nitrogens is 1. The standard InChI is InChI=1S/C10H8F6N4O4/c1-2-24-6(21)3-4(17-7(22)9(11,12)13)19-20-5(3)18-8(23)10(14,15)16/h2H2,1H3,(H3,17,18,19,20,22,23). The Morgan fingerprint density at radius 3 is 2.00 bits per heavy atom. The van der Waals surface area contributed by atoms with Crippen LogP contribution in [0.1, 0.15) is 17.3 Å². The van der Waals surface area contributed by atoms with Gasteiger partial charge in [-0.3, -0.25) is 14.7 Å². The van der Waals surface area contributed by atoms with Gasteiger partial charge in [-0.05, 0) is 6.92 Å². The van der Waals surface area contributed by atoms with Crippen LogP contribution >= 0.6 is 0 Å². The quantitative estimate of drug-likeness (QED) is 0.556. The second-order valence-electron chi connectivity index (χ2n) is 3.95. The number of alkyl halides is 6. The van der Waals surface area contributed by atoms with Crippen LogP contribution in [0.5, 0.6) is 0 Å². The molecule has 0 fully saturated rings. The van der Waals surface area contributed by atoms with Crippen LogP contribution in [0.25, 0.3) is 0 Å². The second kappa shape index (κ2) is 6.76. The number of aromatic nitrogens is 2. The summed E-state index contributed by atoms with van der Waals surface area (Å²) >= 11 is 0. The summed E-state index contributed by atoms with van der Waals surface area (Å²) in [5.41, 5.74) is -1.01. The molecule has 0 aromatic carbocycles. The number of esters is 1. The summed E-state index contributed by atoms with van der Waals surface area (Å²) in [5, 5.41) is 7.17. The van der Waals surface area contributed by atoms with Crippen LogP contribution in [-0.4, -0.2) is 46.9 Å². The maximum Gasteiger partial charge on any atom is 0.471 e. The maximum atomic E-state index is 12.2. The summed E-state index contributed by atoms with van der Waals surface area (Å²) in [6.45, 7) is 1.02. The Labute approximate surface area is 128 Å². The predicted molar refractivity (Wildman–Crippen MR) is 63.9 cm³/mol. The summed E-state index contributed by atoms with van der Waals surface area (Å²) in [7, 11) is 0. The molecule has 0 saturated carbocycles. The summed E-state index contributed by atoms with van der Waals surface area (Å²) in [4.78, 5) is 33.4. The lowest BCUT2D eigenvalue weighted by Crippen LogP contribution is -2.31. The van der Waals surface area contributed by atoms with E-state index in [1.165, 1.54) is 17.6 Å². The normalized spacial score (nSPS) is 11.8. The van der Waals surface area contributed by atoms with Gasteiger partial charge in [0.1, 0.15) is 11.4 Å². The number of rotatable bonds is 4. The number of carbonyl (C=O) groups is 3. The zero-order chi connectivity index (χ0) is 18.7. The topological polar surface area (TPSA) is 113 Å². The van der Waals surface area contributed by atoms with Crippen molar-refractivity contribution in [2.24, 2.45) is 0 Å². The summed E-state index contributed by atoms with van der Waals surface area (Å²) in [5.74, 6) is -8.53.